The Labute approximate surface area is 181 Å². The molecule has 1 aliphatic heterocycles. The van der Waals surface area contributed by atoms with E-state index in [1.54, 1.807) is 12.1 Å². The molecule has 0 radical (unpaired) electrons. The number of carbonyl (C=O) groups excluding carboxylic acids is 1. The minimum absolute atomic E-state index is 0.179. The van der Waals surface area contributed by atoms with Gasteiger partial charge in [0, 0.05) is 56.1 Å². The average Bonchev–Trinajstić information content (AvgIpc) is 2.81. The van der Waals surface area contributed by atoms with E-state index in [-0.39, 0.29) is 5.91 Å². The highest BCUT2D eigenvalue weighted by molar-refractivity contribution is 6.30. The molecule has 6 nitrogen and oxygen atoms in total. The van der Waals surface area contributed by atoms with Crippen LogP contribution in [0.15, 0.2) is 67.1 Å². The van der Waals surface area contributed by atoms with Crippen molar-refractivity contribution in [3.63, 3.8) is 0 Å². The number of carbonyl (C=O) groups is 1. The lowest BCUT2D eigenvalue weighted by Gasteiger charge is -2.39. The number of anilines is 3. The smallest absolute Gasteiger partial charge is 0.258 e. The zero-order valence-corrected chi connectivity index (χ0v) is 17.6. The SMILES string of the molecule is CN(c1ccccc1C(=O)Nc1ccc(Cl)cn1)C1CCN(c2ccncc2)CC1. The molecule has 2 aromatic heterocycles. The molecule has 0 spiro atoms. The van der Waals surface area contributed by atoms with Crippen molar-refractivity contribution in [2.45, 2.75) is 18.9 Å². The second-order valence-electron chi connectivity index (χ2n) is 7.37. The van der Waals surface area contributed by atoms with Crippen LogP contribution in [-0.4, -0.2) is 42.1 Å². The van der Waals surface area contributed by atoms with Crippen molar-refractivity contribution in [2.24, 2.45) is 0 Å². The molecule has 1 saturated heterocycles. The highest BCUT2D eigenvalue weighted by Gasteiger charge is 2.25. The van der Waals surface area contributed by atoms with E-state index in [1.165, 1.54) is 11.9 Å². The van der Waals surface area contributed by atoms with Crippen molar-refractivity contribution in [2.75, 3.05) is 35.3 Å². The molecule has 3 heterocycles. The molecule has 0 bridgehead atoms. The fourth-order valence-corrected chi connectivity index (χ4v) is 3.98. The van der Waals surface area contributed by atoms with Gasteiger partial charge in [-0.15, -0.1) is 0 Å². The Balaban J connectivity index is 1.45. The summed E-state index contributed by atoms with van der Waals surface area (Å²) in [4.78, 5) is 25.8. The van der Waals surface area contributed by atoms with E-state index in [0.29, 0.717) is 22.4 Å². The number of halogens is 1. The highest BCUT2D eigenvalue weighted by Crippen LogP contribution is 2.28. The van der Waals surface area contributed by atoms with Gasteiger partial charge >= 0.3 is 0 Å². The first-order valence-electron chi connectivity index (χ1n) is 10.0. The summed E-state index contributed by atoms with van der Waals surface area (Å²) in [6.45, 7) is 1.95. The first-order valence-corrected chi connectivity index (χ1v) is 10.4. The summed E-state index contributed by atoms with van der Waals surface area (Å²) >= 11 is 5.88. The van der Waals surface area contributed by atoms with E-state index in [4.69, 9.17) is 11.6 Å². The molecular formula is C23H24ClN5O. The van der Waals surface area contributed by atoms with Crippen LogP contribution in [0.3, 0.4) is 0 Å². The molecule has 0 unspecified atom stereocenters. The van der Waals surface area contributed by atoms with Gasteiger partial charge in [0.2, 0.25) is 0 Å². The van der Waals surface area contributed by atoms with Crippen LogP contribution >= 0.6 is 11.6 Å². The number of piperidine rings is 1. The van der Waals surface area contributed by atoms with E-state index in [9.17, 15) is 4.79 Å². The zero-order valence-electron chi connectivity index (χ0n) is 16.8. The maximum absolute atomic E-state index is 12.9. The molecule has 0 saturated carbocycles. The summed E-state index contributed by atoms with van der Waals surface area (Å²) in [5.41, 5.74) is 2.76. The minimum Gasteiger partial charge on any atom is -0.371 e. The topological polar surface area (TPSA) is 61.4 Å². The summed E-state index contributed by atoms with van der Waals surface area (Å²) < 4.78 is 0. The van der Waals surface area contributed by atoms with Crippen molar-refractivity contribution in [3.8, 4) is 0 Å². The standard InChI is InChI=1S/C23H24ClN5O/c1-28(18-10-14-29(15-11-18)19-8-12-25-13-9-19)21-5-3-2-4-20(21)23(30)27-22-7-6-17(24)16-26-22/h2-9,12-13,16,18H,10-11,14-15H2,1H3,(H,26,27,30). The van der Waals surface area contributed by atoms with Gasteiger partial charge in [-0.25, -0.2) is 4.98 Å². The molecule has 154 valence electrons. The number of amides is 1. The Morgan fingerprint density at radius 2 is 1.83 bits per heavy atom. The van der Waals surface area contributed by atoms with E-state index >= 15 is 0 Å². The number of hydrogen-bond acceptors (Lipinski definition) is 5. The van der Waals surface area contributed by atoms with Gasteiger partial charge in [0.05, 0.1) is 10.6 Å². The number of rotatable bonds is 5. The van der Waals surface area contributed by atoms with E-state index in [1.807, 2.05) is 36.7 Å². The lowest BCUT2D eigenvalue weighted by molar-refractivity contribution is 0.102. The van der Waals surface area contributed by atoms with Crippen molar-refractivity contribution in [1.29, 1.82) is 0 Å². The zero-order chi connectivity index (χ0) is 20.9. The third-order valence-electron chi connectivity index (χ3n) is 5.54. The van der Waals surface area contributed by atoms with Gasteiger partial charge in [-0.2, -0.15) is 0 Å². The Kier molecular flexibility index (Phi) is 6.14. The first kappa shape index (κ1) is 20.2. The van der Waals surface area contributed by atoms with Crippen LogP contribution in [0.2, 0.25) is 5.02 Å². The first-order chi connectivity index (χ1) is 14.6. The van der Waals surface area contributed by atoms with Crippen molar-refractivity contribution >= 4 is 34.7 Å². The molecule has 30 heavy (non-hydrogen) atoms. The molecule has 1 N–H and O–H groups in total. The number of pyridine rings is 2. The highest BCUT2D eigenvalue weighted by atomic mass is 35.5. The van der Waals surface area contributed by atoms with Gasteiger partial charge in [0.1, 0.15) is 5.82 Å². The average molecular weight is 422 g/mol. The third-order valence-corrected chi connectivity index (χ3v) is 5.76. The molecule has 0 aliphatic carbocycles. The molecular weight excluding hydrogens is 398 g/mol. The molecule has 4 rings (SSSR count). The summed E-state index contributed by atoms with van der Waals surface area (Å²) in [5.74, 6) is 0.300. The molecule has 1 fully saturated rings. The molecule has 0 atom stereocenters. The van der Waals surface area contributed by atoms with Crippen LogP contribution in [0, 0.1) is 0 Å². The number of benzene rings is 1. The van der Waals surface area contributed by atoms with Gasteiger partial charge in [0.25, 0.3) is 5.91 Å². The quantitative estimate of drug-likeness (QED) is 0.657. The van der Waals surface area contributed by atoms with Gasteiger partial charge in [-0.3, -0.25) is 9.78 Å². The number of nitrogens with one attached hydrogen (secondary N) is 1. The van der Waals surface area contributed by atoms with Gasteiger partial charge < -0.3 is 15.1 Å². The summed E-state index contributed by atoms with van der Waals surface area (Å²) in [6.07, 6.45) is 7.22. The lowest BCUT2D eigenvalue weighted by atomic mass is 10.0. The largest absolute Gasteiger partial charge is 0.371 e. The van der Waals surface area contributed by atoms with E-state index in [0.717, 1.165) is 31.6 Å². The maximum Gasteiger partial charge on any atom is 0.258 e. The Bertz CT molecular complexity index is 988. The van der Waals surface area contributed by atoms with Crippen LogP contribution < -0.4 is 15.1 Å². The number of hydrogen-bond donors (Lipinski definition) is 1. The summed E-state index contributed by atoms with van der Waals surface area (Å²) in [5, 5.41) is 3.40. The maximum atomic E-state index is 12.9. The number of aromatic nitrogens is 2. The third kappa shape index (κ3) is 4.54. The monoisotopic (exact) mass is 421 g/mol. The second kappa shape index (κ2) is 9.13. The number of nitrogens with zero attached hydrogens (tertiary/aromatic N) is 4. The minimum atomic E-state index is -0.179. The Morgan fingerprint density at radius 3 is 2.53 bits per heavy atom. The van der Waals surface area contributed by atoms with E-state index in [2.05, 4.69) is 44.3 Å². The summed E-state index contributed by atoms with van der Waals surface area (Å²) in [7, 11) is 2.07. The Morgan fingerprint density at radius 1 is 1.10 bits per heavy atom. The van der Waals surface area contributed by atoms with Gasteiger partial charge in [-0.05, 0) is 49.2 Å². The van der Waals surface area contributed by atoms with Crippen LogP contribution in [-0.2, 0) is 0 Å². The van der Waals surface area contributed by atoms with E-state index < -0.39 is 0 Å². The Hall–Kier alpha value is -3.12. The molecule has 1 aliphatic rings. The molecule has 1 amide bonds. The normalized spacial score (nSPS) is 14.4. The van der Waals surface area contributed by atoms with Crippen LogP contribution in [0.25, 0.3) is 0 Å². The van der Waals surface area contributed by atoms with Crippen LogP contribution in [0.4, 0.5) is 17.2 Å². The lowest BCUT2D eigenvalue weighted by Crippen LogP contribution is -2.44. The molecule has 3 aromatic rings. The molecule has 1 aromatic carbocycles. The fraction of sp³-hybridized carbons (Fsp3) is 0.261. The van der Waals surface area contributed by atoms with Gasteiger partial charge in [-0.1, -0.05) is 23.7 Å². The predicted octanol–water partition coefficient (Wildman–Crippen LogP) is 4.49. The predicted molar refractivity (Wildman–Crippen MR) is 122 cm³/mol. The molecule has 7 heteroatoms. The summed E-state index contributed by atoms with van der Waals surface area (Å²) in [6, 6.07) is 15.6. The van der Waals surface area contributed by atoms with Crippen molar-refractivity contribution < 1.29 is 4.79 Å². The second-order valence-corrected chi connectivity index (χ2v) is 7.80. The van der Waals surface area contributed by atoms with Crippen LogP contribution in [0.5, 0.6) is 0 Å². The fourth-order valence-electron chi connectivity index (χ4n) is 3.87. The van der Waals surface area contributed by atoms with Crippen molar-refractivity contribution in [3.05, 3.63) is 77.7 Å². The van der Waals surface area contributed by atoms with Gasteiger partial charge in [0.15, 0.2) is 0 Å². The van der Waals surface area contributed by atoms with Crippen molar-refractivity contribution in [1.82, 2.24) is 9.97 Å². The number of para-hydroxylation sites is 1. The van der Waals surface area contributed by atoms with Crippen LogP contribution in [0.1, 0.15) is 23.2 Å².